The number of piperidine rings is 1. The van der Waals surface area contributed by atoms with E-state index in [0.717, 1.165) is 25.9 Å². The van der Waals surface area contributed by atoms with E-state index < -0.39 is 5.97 Å². The highest BCUT2D eigenvalue weighted by molar-refractivity contribution is 5.80. The maximum atomic E-state index is 11.8. The Morgan fingerprint density at radius 2 is 1.94 bits per heavy atom. The highest BCUT2D eigenvalue weighted by Gasteiger charge is 2.23. The number of rotatable bonds is 5. The molecule has 1 aliphatic heterocycles. The van der Waals surface area contributed by atoms with E-state index in [-0.39, 0.29) is 24.8 Å². The van der Waals surface area contributed by atoms with E-state index in [1.165, 1.54) is 0 Å². The lowest BCUT2D eigenvalue weighted by atomic mass is 10.0. The summed E-state index contributed by atoms with van der Waals surface area (Å²) >= 11 is 0. The number of nitrogens with one attached hydrogen (secondary N) is 1. The fraction of sp³-hybridized carbons (Fsp3) is 0.818. The van der Waals surface area contributed by atoms with Crippen molar-refractivity contribution in [2.75, 3.05) is 19.6 Å². The van der Waals surface area contributed by atoms with Crippen LogP contribution in [0.25, 0.3) is 0 Å². The molecule has 1 rings (SSSR count). The second-order valence-corrected chi connectivity index (χ2v) is 4.05. The number of carbonyl (C=O) groups is 2. The molecular weight excluding hydrogens is 208 g/mol. The first kappa shape index (κ1) is 13.0. The largest absolute Gasteiger partial charge is 0.481 e. The van der Waals surface area contributed by atoms with Crippen LogP contribution in [0.1, 0.15) is 32.6 Å². The molecule has 5 heteroatoms. The number of carboxylic acid groups (broad SMARTS) is 1. The van der Waals surface area contributed by atoms with E-state index in [0.29, 0.717) is 6.54 Å². The molecule has 16 heavy (non-hydrogen) atoms. The molecule has 92 valence electrons. The van der Waals surface area contributed by atoms with Crippen molar-refractivity contribution >= 4 is 11.9 Å². The lowest BCUT2D eigenvalue weighted by Gasteiger charge is -2.34. The maximum Gasteiger partial charge on any atom is 0.303 e. The van der Waals surface area contributed by atoms with Crippen LogP contribution in [0, 0.1) is 0 Å². The second kappa shape index (κ2) is 6.48. The summed E-state index contributed by atoms with van der Waals surface area (Å²) in [6.45, 7) is 4.49. The zero-order valence-corrected chi connectivity index (χ0v) is 9.74. The van der Waals surface area contributed by atoms with Crippen molar-refractivity contribution in [1.29, 1.82) is 0 Å². The minimum absolute atomic E-state index is 0.0307. The molecule has 1 heterocycles. The number of nitrogens with zero attached hydrogens (tertiary/aromatic N) is 1. The maximum absolute atomic E-state index is 11.8. The van der Waals surface area contributed by atoms with Gasteiger partial charge in [-0.3, -0.25) is 9.59 Å². The van der Waals surface area contributed by atoms with Gasteiger partial charge in [0.2, 0.25) is 5.91 Å². The number of carboxylic acids is 1. The molecule has 0 unspecified atom stereocenters. The molecule has 0 spiro atoms. The topological polar surface area (TPSA) is 69.6 Å². The van der Waals surface area contributed by atoms with Crippen molar-refractivity contribution in [1.82, 2.24) is 10.2 Å². The predicted octanol–water partition coefficient (Wildman–Crippen LogP) is 0.452. The number of hydrogen-bond donors (Lipinski definition) is 2. The van der Waals surface area contributed by atoms with E-state index >= 15 is 0 Å². The molecule has 0 aliphatic carbocycles. The van der Waals surface area contributed by atoms with E-state index in [1.54, 1.807) is 0 Å². The number of aliphatic carboxylic acids is 1. The SMILES string of the molecule is CCN(C(=O)CCC(=O)O)C1CCNCC1. The Hall–Kier alpha value is -1.10. The highest BCUT2D eigenvalue weighted by Crippen LogP contribution is 2.13. The molecule has 2 N–H and O–H groups in total. The van der Waals surface area contributed by atoms with Crippen molar-refractivity contribution in [3.63, 3.8) is 0 Å². The Morgan fingerprint density at radius 1 is 1.31 bits per heavy atom. The molecule has 0 aromatic heterocycles. The Labute approximate surface area is 95.8 Å². The van der Waals surface area contributed by atoms with Gasteiger partial charge in [-0.2, -0.15) is 0 Å². The second-order valence-electron chi connectivity index (χ2n) is 4.05. The fourth-order valence-electron chi connectivity index (χ4n) is 2.11. The van der Waals surface area contributed by atoms with Crippen LogP contribution in [0.2, 0.25) is 0 Å². The first-order valence-electron chi connectivity index (χ1n) is 5.87. The highest BCUT2D eigenvalue weighted by atomic mass is 16.4. The third-order valence-corrected chi connectivity index (χ3v) is 2.96. The average Bonchev–Trinajstić information content (AvgIpc) is 2.29. The minimum Gasteiger partial charge on any atom is -0.481 e. The van der Waals surface area contributed by atoms with Gasteiger partial charge in [-0.15, -0.1) is 0 Å². The van der Waals surface area contributed by atoms with Crippen molar-refractivity contribution < 1.29 is 14.7 Å². The first-order valence-corrected chi connectivity index (χ1v) is 5.87. The molecule has 0 saturated carbocycles. The van der Waals surface area contributed by atoms with Gasteiger partial charge in [-0.1, -0.05) is 0 Å². The molecule has 0 aromatic rings. The molecule has 1 aliphatic rings. The molecule has 1 amide bonds. The molecule has 0 atom stereocenters. The third kappa shape index (κ3) is 3.81. The number of carbonyl (C=O) groups excluding carboxylic acids is 1. The molecule has 0 aromatic carbocycles. The van der Waals surface area contributed by atoms with Gasteiger partial charge in [-0.05, 0) is 32.9 Å². The Kier molecular flexibility index (Phi) is 5.25. The van der Waals surface area contributed by atoms with Crippen LogP contribution in [0.5, 0.6) is 0 Å². The van der Waals surface area contributed by atoms with E-state index in [9.17, 15) is 9.59 Å². The van der Waals surface area contributed by atoms with Crippen LogP contribution in [-0.2, 0) is 9.59 Å². The van der Waals surface area contributed by atoms with Gasteiger partial charge in [0.15, 0.2) is 0 Å². The summed E-state index contributed by atoms with van der Waals surface area (Å²) in [6.07, 6.45) is 1.98. The van der Waals surface area contributed by atoms with Gasteiger partial charge >= 0.3 is 5.97 Å². The molecule has 0 radical (unpaired) electrons. The Morgan fingerprint density at radius 3 is 2.44 bits per heavy atom. The summed E-state index contributed by atoms with van der Waals surface area (Å²) in [6, 6.07) is 0.285. The van der Waals surface area contributed by atoms with Gasteiger partial charge < -0.3 is 15.3 Å². The number of hydrogen-bond acceptors (Lipinski definition) is 3. The molecule has 5 nitrogen and oxygen atoms in total. The first-order chi connectivity index (χ1) is 7.65. The Balaban J connectivity index is 2.44. The van der Waals surface area contributed by atoms with Crippen LogP contribution in [0.15, 0.2) is 0 Å². The van der Waals surface area contributed by atoms with Gasteiger partial charge in [0.25, 0.3) is 0 Å². The normalized spacial score (nSPS) is 17.1. The monoisotopic (exact) mass is 228 g/mol. The van der Waals surface area contributed by atoms with Gasteiger partial charge in [0.05, 0.1) is 6.42 Å². The molecule has 0 bridgehead atoms. The summed E-state index contributed by atoms with van der Waals surface area (Å²) < 4.78 is 0. The zero-order valence-electron chi connectivity index (χ0n) is 9.74. The van der Waals surface area contributed by atoms with Crippen LogP contribution < -0.4 is 5.32 Å². The Bertz CT molecular complexity index is 250. The fourth-order valence-corrected chi connectivity index (χ4v) is 2.11. The summed E-state index contributed by atoms with van der Waals surface area (Å²) in [5.74, 6) is -0.938. The summed E-state index contributed by atoms with van der Waals surface area (Å²) in [4.78, 5) is 24.1. The van der Waals surface area contributed by atoms with Crippen molar-refractivity contribution in [2.24, 2.45) is 0 Å². The lowest BCUT2D eigenvalue weighted by molar-refractivity contribution is -0.141. The quantitative estimate of drug-likeness (QED) is 0.717. The van der Waals surface area contributed by atoms with Gasteiger partial charge in [0.1, 0.15) is 0 Å². The predicted molar refractivity (Wildman–Crippen MR) is 60.1 cm³/mol. The number of amides is 1. The van der Waals surface area contributed by atoms with Crippen LogP contribution in [-0.4, -0.2) is 47.6 Å². The lowest BCUT2D eigenvalue weighted by Crippen LogP contribution is -2.46. The van der Waals surface area contributed by atoms with Crippen LogP contribution >= 0.6 is 0 Å². The summed E-state index contributed by atoms with van der Waals surface area (Å²) in [5.41, 5.74) is 0. The molecule has 1 fully saturated rings. The van der Waals surface area contributed by atoms with Crippen molar-refractivity contribution in [3.8, 4) is 0 Å². The average molecular weight is 228 g/mol. The molecule has 1 saturated heterocycles. The van der Waals surface area contributed by atoms with Crippen molar-refractivity contribution in [3.05, 3.63) is 0 Å². The zero-order chi connectivity index (χ0) is 12.0. The van der Waals surface area contributed by atoms with E-state index in [1.807, 2.05) is 11.8 Å². The molecular formula is C11H20N2O3. The van der Waals surface area contributed by atoms with Crippen LogP contribution in [0.3, 0.4) is 0 Å². The van der Waals surface area contributed by atoms with Gasteiger partial charge in [0, 0.05) is 19.0 Å². The van der Waals surface area contributed by atoms with Gasteiger partial charge in [-0.25, -0.2) is 0 Å². The van der Waals surface area contributed by atoms with E-state index in [4.69, 9.17) is 5.11 Å². The van der Waals surface area contributed by atoms with Crippen molar-refractivity contribution in [2.45, 2.75) is 38.6 Å². The third-order valence-electron chi connectivity index (χ3n) is 2.96. The standard InChI is InChI=1S/C11H20N2O3/c1-2-13(9-5-7-12-8-6-9)10(14)3-4-11(15)16/h9,12H,2-8H2,1H3,(H,15,16). The smallest absolute Gasteiger partial charge is 0.303 e. The summed E-state index contributed by atoms with van der Waals surface area (Å²) in [5, 5.41) is 11.8. The van der Waals surface area contributed by atoms with E-state index in [2.05, 4.69) is 5.32 Å². The van der Waals surface area contributed by atoms with Crippen LogP contribution in [0.4, 0.5) is 0 Å². The summed E-state index contributed by atoms with van der Waals surface area (Å²) in [7, 11) is 0. The minimum atomic E-state index is -0.908.